The molecule has 1 aromatic rings. The Morgan fingerprint density at radius 2 is 0.514 bits per heavy atom. The predicted octanol–water partition coefficient (Wildman–Crippen LogP) is 3.61. The van der Waals surface area contributed by atoms with E-state index in [1.165, 1.54) is 0 Å². The summed E-state index contributed by atoms with van der Waals surface area (Å²) in [5, 5.41) is 0. The van der Waals surface area contributed by atoms with Gasteiger partial charge in [0.25, 0.3) is 0 Å². The summed E-state index contributed by atoms with van der Waals surface area (Å²) in [6.45, 7) is 28.7. The molecular weight excluding hydrogens is 441 g/mol. The maximum atomic E-state index is 6.36. The van der Waals surface area contributed by atoms with Crippen molar-refractivity contribution >= 4 is 37.7 Å². The van der Waals surface area contributed by atoms with Gasteiger partial charge in [-0.05, 0) is 99.5 Å². The first-order valence-corrected chi connectivity index (χ1v) is 13.0. The Morgan fingerprint density at radius 3 is 0.657 bits per heavy atom. The van der Waals surface area contributed by atoms with Crippen LogP contribution >= 0.6 is 0 Å². The zero-order valence-electron chi connectivity index (χ0n) is 24.4. The highest BCUT2D eigenvalue weighted by atomic mass is 16.7. The molecule has 3 saturated heterocycles. The second kappa shape index (κ2) is 8.88. The molecule has 6 nitrogen and oxygen atoms in total. The third kappa shape index (κ3) is 5.02. The van der Waals surface area contributed by atoms with Crippen molar-refractivity contribution in [3.8, 4) is 0 Å². The molecular formula is C26H45B3O6. The minimum Gasteiger partial charge on any atom is -0.399 e. The van der Waals surface area contributed by atoms with Gasteiger partial charge in [0.2, 0.25) is 0 Å². The number of hydrogen-bond donors (Lipinski definition) is 0. The maximum absolute atomic E-state index is 6.36. The molecule has 0 aromatic heterocycles. The van der Waals surface area contributed by atoms with Crippen molar-refractivity contribution < 1.29 is 27.9 Å². The van der Waals surface area contributed by atoms with Crippen molar-refractivity contribution in [2.45, 2.75) is 131 Å². The molecule has 9 heteroatoms. The fourth-order valence-corrected chi connectivity index (χ4v) is 4.05. The zero-order valence-corrected chi connectivity index (χ0v) is 24.4. The highest BCUT2D eigenvalue weighted by Gasteiger charge is 2.56. The molecule has 0 radical (unpaired) electrons. The van der Waals surface area contributed by atoms with Crippen LogP contribution in [-0.4, -0.2) is 55.0 Å². The van der Waals surface area contributed by atoms with E-state index in [-0.39, 0.29) is 0 Å². The van der Waals surface area contributed by atoms with E-state index in [0.29, 0.717) is 0 Å². The van der Waals surface area contributed by atoms with Gasteiger partial charge in [-0.3, -0.25) is 0 Å². The van der Waals surface area contributed by atoms with E-state index in [2.05, 4.69) is 101 Å². The Morgan fingerprint density at radius 1 is 0.371 bits per heavy atom. The Labute approximate surface area is 214 Å². The molecule has 3 aliphatic rings. The van der Waals surface area contributed by atoms with Crippen LogP contribution < -0.4 is 16.4 Å². The van der Waals surface area contributed by atoms with Crippen LogP contribution in [0.3, 0.4) is 0 Å². The van der Waals surface area contributed by atoms with Crippen LogP contribution in [0.4, 0.5) is 0 Å². The van der Waals surface area contributed by atoms with E-state index in [4.69, 9.17) is 27.9 Å². The summed E-state index contributed by atoms with van der Waals surface area (Å²) in [6, 6.07) is 6.16. The fourth-order valence-electron chi connectivity index (χ4n) is 4.05. The first kappa shape index (κ1) is 28.7. The Balaban J connectivity index is 0.00000167. The van der Waals surface area contributed by atoms with Crippen molar-refractivity contribution in [1.82, 2.24) is 0 Å². The summed E-state index contributed by atoms with van der Waals surface area (Å²) in [6.07, 6.45) is 0. The van der Waals surface area contributed by atoms with Crippen LogP contribution in [0.1, 0.15) is 96.9 Å². The maximum Gasteiger partial charge on any atom is 0.494 e. The van der Waals surface area contributed by atoms with Gasteiger partial charge in [0.15, 0.2) is 0 Å². The van der Waals surface area contributed by atoms with Crippen molar-refractivity contribution in [3.05, 3.63) is 18.2 Å². The molecule has 0 atom stereocenters. The van der Waals surface area contributed by atoms with E-state index in [0.717, 1.165) is 16.4 Å². The van der Waals surface area contributed by atoms with Gasteiger partial charge in [0, 0.05) is 0 Å². The molecule has 1 aromatic carbocycles. The van der Waals surface area contributed by atoms with Crippen LogP contribution in [0.5, 0.6) is 0 Å². The summed E-state index contributed by atoms with van der Waals surface area (Å²) >= 11 is 0. The predicted molar refractivity (Wildman–Crippen MR) is 145 cm³/mol. The molecule has 3 heterocycles. The SMILES string of the molecule is CC.CC1(C)OB(c2cc(B3OC(C)(C)C(C)(C)O3)cc(B3OC(C)(C)C(C)(C)O3)c2)OC1(C)C. The van der Waals surface area contributed by atoms with Crippen LogP contribution in [0.25, 0.3) is 0 Å². The van der Waals surface area contributed by atoms with Gasteiger partial charge in [-0.15, -0.1) is 0 Å². The third-order valence-corrected chi connectivity index (χ3v) is 8.58. The number of hydrogen-bond acceptors (Lipinski definition) is 6. The van der Waals surface area contributed by atoms with Crippen molar-refractivity contribution in [2.75, 3.05) is 0 Å². The van der Waals surface area contributed by atoms with Gasteiger partial charge in [0.05, 0.1) is 33.6 Å². The minimum absolute atomic E-state index is 0.442. The van der Waals surface area contributed by atoms with Gasteiger partial charge in [-0.1, -0.05) is 32.0 Å². The summed E-state index contributed by atoms with van der Waals surface area (Å²) in [5.41, 5.74) is 0.0305. The van der Waals surface area contributed by atoms with Crippen molar-refractivity contribution in [1.29, 1.82) is 0 Å². The van der Waals surface area contributed by atoms with E-state index in [1.807, 2.05) is 13.8 Å². The van der Waals surface area contributed by atoms with Crippen LogP contribution in [-0.2, 0) is 27.9 Å². The molecule has 0 N–H and O–H groups in total. The Kier molecular flexibility index (Phi) is 7.30. The lowest BCUT2D eigenvalue weighted by atomic mass is 9.66. The molecule has 0 unspecified atom stereocenters. The smallest absolute Gasteiger partial charge is 0.399 e. The highest BCUT2D eigenvalue weighted by molar-refractivity contribution is 6.69. The van der Waals surface area contributed by atoms with Crippen LogP contribution in [0.15, 0.2) is 18.2 Å². The lowest BCUT2D eigenvalue weighted by Crippen LogP contribution is -2.47. The molecule has 194 valence electrons. The van der Waals surface area contributed by atoms with E-state index >= 15 is 0 Å². The Bertz CT molecular complexity index is 762. The number of benzene rings is 1. The van der Waals surface area contributed by atoms with Gasteiger partial charge >= 0.3 is 21.4 Å². The average Bonchev–Trinajstić information content (AvgIpc) is 3.18. The normalized spacial score (nSPS) is 27.1. The second-order valence-corrected chi connectivity index (χ2v) is 12.7. The zero-order chi connectivity index (χ0) is 26.8. The van der Waals surface area contributed by atoms with E-state index < -0.39 is 55.0 Å². The first-order chi connectivity index (χ1) is 15.8. The molecule has 0 aliphatic carbocycles. The molecule has 0 bridgehead atoms. The summed E-state index contributed by atoms with van der Waals surface area (Å²) in [4.78, 5) is 0. The van der Waals surface area contributed by atoms with Gasteiger partial charge in [-0.2, -0.15) is 0 Å². The average molecular weight is 486 g/mol. The van der Waals surface area contributed by atoms with E-state index in [1.54, 1.807) is 0 Å². The fraction of sp³-hybridized carbons (Fsp3) is 0.769. The molecule has 3 aliphatic heterocycles. The first-order valence-electron chi connectivity index (χ1n) is 13.0. The summed E-state index contributed by atoms with van der Waals surface area (Å²) in [5.74, 6) is 0. The van der Waals surface area contributed by atoms with E-state index in [9.17, 15) is 0 Å². The lowest BCUT2D eigenvalue weighted by Gasteiger charge is -2.32. The molecule has 4 rings (SSSR count). The number of rotatable bonds is 3. The molecule has 35 heavy (non-hydrogen) atoms. The van der Waals surface area contributed by atoms with Crippen molar-refractivity contribution in [3.63, 3.8) is 0 Å². The monoisotopic (exact) mass is 486 g/mol. The topological polar surface area (TPSA) is 55.4 Å². The van der Waals surface area contributed by atoms with Gasteiger partial charge in [0.1, 0.15) is 0 Å². The third-order valence-electron chi connectivity index (χ3n) is 8.58. The molecule has 0 spiro atoms. The van der Waals surface area contributed by atoms with Crippen LogP contribution in [0.2, 0.25) is 0 Å². The standard InChI is InChI=1S/C24H39B3O6.C2H6/c1-19(2)20(3,4)29-25(28-19)16-13-17(26-30-21(5,6)22(7,8)31-26)15-18(14-16)27-32-23(9,10)24(11,12)33-27;1-2/h13-15H,1-12H3;1-2H3. The Hall–Kier alpha value is -0.825. The molecule has 3 fully saturated rings. The van der Waals surface area contributed by atoms with Crippen molar-refractivity contribution in [2.24, 2.45) is 0 Å². The summed E-state index contributed by atoms with van der Waals surface area (Å²) < 4.78 is 38.2. The van der Waals surface area contributed by atoms with Crippen LogP contribution in [0, 0.1) is 0 Å². The largest absolute Gasteiger partial charge is 0.494 e. The van der Waals surface area contributed by atoms with Gasteiger partial charge in [-0.25, -0.2) is 0 Å². The quantitative estimate of drug-likeness (QED) is 0.609. The molecule has 0 saturated carbocycles. The second-order valence-electron chi connectivity index (χ2n) is 12.7. The summed E-state index contributed by atoms with van der Waals surface area (Å²) in [7, 11) is -1.55. The van der Waals surface area contributed by atoms with Gasteiger partial charge < -0.3 is 27.9 Å². The minimum atomic E-state index is -0.515. The molecule has 0 amide bonds. The lowest BCUT2D eigenvalue weighted by molar-refractivity contribution is 0.00578. The highest BCUT2D eigenvalue weighted by Crippen LogP contribution is 2.39.